The molecule has 168 valence electrons. The first-order valence-electron chi connectivity index (χ1n) is 9.89. The third-order valence-electron chi connectivity index (χ3n) is 4.83. The first kappa shape index (κ1) is 23.0. The molecule has 0 fully saturated rings. The van der Waals surface area contributed by atoms with Crippen LogP contribution >= 0.6 is 34.5 Å². The Balaban J connectivity index is 1.95. The molecule has 2 aromatic carbocycles. The Morgan fingerprint density at radius 1 is 1.03 bits per heavy atom. The molecule has 2 aromatic heterocycles. The van der Waals surface area contributed by atoms with E-state index in [0.717, 1.165) is 22.5 Å². The fourth-order valence-electron chi connectivity index (χ4n) is 3.12. The lowest BCUT2D eigenvalue weighted by Crippen LogP contribution is -2.14. The van der Waals surface area contributed by atoms with Crippen molar-refractivity contribution in [2.45, 2.75) is 6.92 Å². The van der Waals surface area contributed by atoms with Crippen LogP contribution in [0.25, 0.3) is 11.3 Å². The number of nitrogens with zero attached hydrogens (tertiary/aromatic N) is 4. The van der Waals surface area contributed by atoms with E-state index in [-0.39, 0.29) is 0 Å². The van der Waals surface area contributed by atoms with Gasteiger partial charge in [0, 0.05) is 28.9 Å². The summed E-state index contributed by atoms with van der Waals surface area (Å²) in [6.07, 6.45) is 3.50. The Morgan fingerprint density at radius 3 is 2.58 bits per heavy atom. The van der Waals surface area contributed by atoms with Crippen LogP contribution in [-0.2, 0) is 0 Å². The first-order chi connectivity index (χ1) is 16.0. The molecule has 4 aromatic rings. The third kappa shape index (κ3) is 5.11. The highest BCUT2D eigenvalue weighted by molar-refractivity contribution is 7.07. The molecule has 9 heteroatoms. The van der Waals surface area contributed by atoms with Crippen LogP contribution in [0, 0.1) is 0 Å². The van der Waals surface area contributed by atoms with E-state index in [1.807, 2.05) is 48.7 Å². The van der Waals surface area contributed by atoms with E-state index >= 15 is 0 Å². The number of halogens is 2. The Morgan fingerprint density at radius 2 is 1.88 bits per heavy atom. The van der Waals surface area contributed by atoms with Crippen LogP contribution in [0.4, 0.5) is 5.69 Å². The van der Waals surface area contributed by atoms with E-state index in [9.17, 15) is 0 Å². The van der Waals surface area contributed by atoms with Gasteiger partial charge in [0.2, 0.25) is 4.80 Å². The van der Waals surface area contributed by atoms with Crippen molar-refractivity contribution in [1.82, 2.24) is 9.66 Å². The van der Waals surface area contributed by atoms with Gasteiger partial charge in [0.25, 0.3) is 0 Å². The number of thiazole rings is 1. The molecule has 2 heterocycles. The second-order valence-electron chi connectivity index (χ2n) is 6.92. The average molecular weight is 499 g/mol. The number of hydrogen-bond donors (Lipinski definition) is 0. The molecule has 0 aliphatic carbocycles. The average Bonchev–Trinajstić information content (AvgIpc) is 3.23. The highest BCUT2D eigenvalue weighted by Gasteiger charge is 2.15. The summed E-state index contributed by atoms with van der Waals surface area (Å²) in [5.74, 6) is 1.40. The second kappa shape index (κ2) is 10.2. The lowest BCUT2D eigenvalue weighted by molar-refractivity contribution is 0.404. The highest BCUT2D eigenvalue weighted by Crippen LogP contribution is 2.34. The summed E-state index contributed by atoms with van der Waals surface area (Å²) < 4.78 is 12.8. The van der Waals surface area contributed by atoms with Crippen LogP contribution in [0.15, 0.2) is 76.4 Å². The number of aromatic nitrogens is 2. The highest BCUT2D eigenvalue weighted by atomic mass is 35.5. The predicted molar refractivity (Wildman–Crippen MR) is 134 cm³/mol. The van der Waals surface area contributed by atoms with Gasteiger partial charge in [-0.1, -0.05) is 29.3 Å². The van der Waals surface area contributed by atoms with Gasteiger partial charge in [0.15, 0.2) is 0 Å². The number of hydrogen-bond acceptors (Lipinski definition) is 6. The van der Waals surface area contributed by atoms with Crippen molar-refractivity contribution in [2.75, 3.05) is 14.2 Å². The van der Waals surface area contributed by atoms with Gasteiger partial charge in [-0.2, -0.15) is 5.10 Å². The number of pyridine rings is 1. The van der Waals surface area contributed by atoms with Gasteiger partial charge in [-0.25, -0.2) is 9.67 Å². The van der Waals surface area contributed by atoms with Gasteiger partial charge in [0.1, 0.15) is 11.5 Å². The molecule has 0 N–H and O–H groups in total. The number of ether oxygens (including phenoxy) is 2. The van der Waals surface area contributed by atoms with Crippen molar-refractivity contribution < 1.29 is 9.47 Å². The maximum absolute atomic E-state index is 6.20. The maximum atomic E-state index is 6.20. The molecular formula is C24H20Cl2N4O2S. The normalized spacial score (nSPS) is 12.2. The molecule has 0 aliphatic heterocycles. The molecule has 0 spiro atoms. The predicted octanol–water partition coefficient (Wildman–Crippen LogP) is 6.44. The van der Waals surface area contributed by atoms with Crippen LogP contribution < -0.4 is 14.3 Å². The smallest absolute Gasteiger partial charge is 0.211 e. The summed E-state index contributed by atoms with van der Waals surface area (Å²) in [6, 6.07) is 14.7. The quantitative estimate of drug-likeness (QED) is 0.287. The number of benzene rings is 2. The molecule has 6 nitrogen and oxygen atoms in total. The van der Waals surface area contributed by atoms with E-state index in [4.69, 9.17) is 42.8 Å². The summed E-state index contributed by atoms with van der Waals surface area (Å²) in [5.41, 5.74) is 3.98. The van der Waals surface area contributed by atoms with Gasteiger partial charge in [-0.3, -0.25) is 4.98 Å². The van der Waals surface area contributed by atoms with Gasteiger partial charge in [0.05, 0.1) is 41.4 Å². The van der Waals surface area contributed by atoms with Gasteiger partial charge in [-0.05, 0) is 49.4 Å². The SMILES string of the molecule is COc1ccc(OC)c(-c2csc(=Nc3ccc(Cl)c(Cl)c3)n2/N=C(\C)c2cccnc2)c1. The lowest BCUT2D eigenvalue weighted by atomic mass is 10.1. The fourth-order valence-corrected chi connectivity index (χ4v) is 4.26. The van der Waals surface area contributed by atoms with E-state index in [0.29, 0.717) is 32.0 Å². The van der Waals surface area contributed by atoms with Crippen LogP contribution in [0.5, 0.6) is 11.5 Å². The molecule has 0 amide bonds. The van der Waals surface area contributed by atoms with Crippen molar-refractivity contribution in [3.8, 4) is 22.8 Å². The zero-order valence-corrected chi connectivity index (χ0v) is 20.4. The zero-order chi connectivity index (χ0) is 23.4. The monoisotopic (exact) mass is 498 g/mol. The Labute approximate surface area is 205 Å². The third-order valence-corrected chi connectivity index (χ3v) is 6.38. The molecule has 0 saturated carbocycles. The molecular weight excluding hydrogens is 479 g/mol. The molecule has 4 rings (SSSR count). The summed E-state index contributed by atoms with van der Waals surface area (Å²) in [7, 11) is 3.26. The summed E-state index contributed by atoms with van der Waals surface area (Å²) in [4.78, 5) is 9.63. The van der Waals surface area contributed by atoms with Gasteiger partial charge < -0.3 is 9.47 Å². The summed E-state index contributed by atoms with van der Waals surface area (Å²) in [5, 5.41) is 7.78. The van der Waals surface area contributed by atoms with Crippen molar-refractivity contribution >= 4 is 45.9 Å². The summed E-state index contributed by atoms with van der Waals surface area (Å²) in [6.45, 7) is 1.93. The first-order valence-corrected chi connectivity index (χ1v) is 11.5. The van der Waals surface area contributed by atoms with E-state index in [1.54, 1.807) is 43.4 Å². The van der Waals surface area contributed by atoms with Crippen molar-refractivity contribution in [2.24, 2.45) is 10.1 Å². The lowest BCUT2D eigenvalue weighted by Gasteiger charge is -2.11. The van der Waals surface area contributed by atoms with Gasteiger partial charge >= 0.3 is 0 Å². The van der Waals surface area contributed by atoms with Crippen molar-refractivity contribution in [3.63, 3.8) is 0 Å². The standard InChI is InChI=1S/C24H20Cl2N4O2S/c1-15(16-5-4-10-27-13-16)29-30-22(19-12-18(31-2)7-9-23(19)32-3)14-33-24(30)28-17-6-8-20(25)21(26)11-17/h4-14H,1-3H3/b28-24?,29-15+. The van der Waals surface area contributed by atoms with E-state index < -0.39 is 0 Å². The van der Waals surface area contributed by atoms with Crippen LogP contribution in [0.3, 0.4) is 0 Å². The van der Waals surface area contributed by atoms with E-state index in [1.165, 1.54) is 11.3 Å². The molecule has 0 atom stereocenters. The molecule has 0 unspecified atom stereocenters. The minimum atomic E-state index is 0.436. The largest absolute Gasteiger partial charge is 0.497 e. The molecule has 33 heavy (non-hydrogen) atoms. The molecule has 0 bridgehead atoms. The Bertz CT molecular complexity index is 1380. The maximum Gasteiger partial charge on any atom is 0.211 e. The number of rotatable bonds is 6. The number of methoxy groups -OCH3 is 2. The molecule has 0 aliphatic rings. The van der Waals surface area contributed by atoms with Crippen molar-refractivity contribution in [3.05, 3.63) is 86.7 Å². The molecule has 0 radical (unpaired) electrons. The van der Waals surface area contributed by atoms with E-state index in [2.05, 4.69) is 4.98 Å². The minimum absolute atomic E-state index is 0.436. The minimum Gasteiger partial charge on any atom is -0.497 e. The topological polar surface area (TPSA) is 61.0 Å². The zero-order valence-electron chi connectivity index (χ0n) is 18.1. The summed E-state index contributed by atoms with van der Waals surface area (Å²) >= 11 is 13.7. The van der Waals surface area contributed by atoms with Crippen LogP contribution in [0.1, 0.15) is 12.5 Å². The van der Waals surface area contributed by atoms with Crippen molar-refractivity contribution in [1.29, 1.82) is 0 Å². The van der Waals surface area contributed by atoms with Crippen LogP contribution in [0.2, 0.25) is 10.0 Å². The second-order valence-corrected chi connectivity index (χ2v) is 8.57. The Kier molecular flexibility index (Phi) is 7.13. The Hall–Kier alpha value is -3.13. The fraction of sp³-hybridized carbons (Fsp3) is 0.125. The van der Waals surface area contributed by atoms with Crippen LogP contribution in [-0.4, -0.2) is 29.6 Å². The van der Waals surface area contributed by atoms with Gasteiger partial charge in [-0.15, -0.1) is 11.3 Å². The molecule has 0 saturated heterocycles.